The van der Waals surface area contributed by atoms with Gasteiger partial charge in [-0.05, 0) is 44.3 Å². The van der Waals surface area contributed by atoms with Crippen molar-refractivity contribution in [3.63, 3.8) is 0 Å². The molecule has 6 heteroatoms. The highest BCUT2D eigenvalue weighted by Gasteiger charge is 2.41. The third kappa shape index (κ3) is 5.08. The summed E-state index contributed by atoms with van der Waals surface area (Å²) in [6, 6.07) is 10.1. The van der Waals surface area contributed by atoms with Gasteiger partial charge in [0.25, 0.3) is 0 Å². The number of aryl methyl sites for hydroxylation is 1. The Morgan fingerprint density at radius 3 is 2.70 bits per heavy atom. The quantitative estimate of drug-likeness (QED) is 0.757. The molecule has 0 saturated carbocycles. The van der Waals surface area contributed by atoms with Crippen LogP contribution in [0, 0.1) is 5.41 Å². The van der Waals surface area contributed by atoms with E-state index in [9.17, 15) is 9.59 Å². The number of benzene rings is 1. The van der Waals surface area contributed by atoms with Crippen molar-refractivity contribution in [1.82, 2.24) is 15.5 Å². The van der Waals surface area contributed by atoms with Crippen LogP contribution in [0.25, 0.3) is 0 Å². The fraction of sp³-hybridized carbons (Fsp3) is 0.619. The highest BCUT2D eigenvalue weighted by molar-refractivity contribution is 5.83. The van der Waals surface area contributed by atoms with Gasteiger partial charge in [0.15, 0.2) is 0 Å². The minimum Gasteiger partial charge on any atom is -0.384 e. The van der Waals surface area contributed by atoms with Crippen LogP contribution >= 0.6 is 0 Å². The smallest absolute Gasteiger partial charge is 0.228 e. The van der Waals surface area contributed by atoms with Gasteiger partial charge in [-0.2, -0.15) is 0 Å². The standard InChI is InChI=1S/C21H31N3O3/c1-27-16-21(10-12-22-13-11-21)20(26)23-18-9-14-24(15-18)19(25)8-7-17-5-3-2-4-6-17/h2-6,18,22H,7-16H2,1H3,(H,23,26). The van der Waals surface area contributed by atoms with Crippen LogP contribution in [0.5, 0.6) is 0 Å². The number of methoxy groups -OCH3 is 1. The van der Waals surface area contributed by atoms with Crippen molar-refractivity contribution in [3.8, 4) is 0 Å². The van der Waals surface area contributed by atoms with Crippen LogP contribution in [-0.2, 0) is 20.7 Å². The second kappa shape index (κ2) is 9.33. The third-order valence-corrected chi connectivity index (χ3v) is 5.81. The van der Waals surface area contributed by atoms with E-state index in [2.05, 4.69) is 22.8 Å². The van der Waals surface area contributed by atoms with E-state index >= 15 is 0 Å². The van der Waals surface area contributed by atoms with Crippen LogP contribution in [0.15, 0.2) is 30.3 Å². The van der Waals surface area contributed by atoms with Crippen molar-refractivity contribution in [1.29, 1.82) is 0 Å². The van der Waals surface area contributed by atoms with Gasteiger partial charge in [0.1, 0.15) is 0 Å². The molecule has 0 aliphatic carbocycles. The number of ether oxygens (including phenoxy) is 1. The molecule has 2 N–H and O–H groups in total. The Morgan fingerprint density at radius 2 is 2.00 bits per heavy atom. The number of hydrogen-bond donors (Lipinski definition) is 2. The molecular weight excluding hydrogens is 342 g/mol. The minimum absolute atomic E-state index is 0.0433. The Kier molecular flexibility index (Phi) is 6.85. The zero-order valence-corrected chi connectivity index (χ0v) is 16.2. The molecule has 3 rings (SSSR count). The van der Waals surface area contributed by atoms with Gasteiger partial charge in [0.05, 0.1) is 12.0 Å². The van der Waals surface area contributed by atoms with E-state index in [-0.39, 0.29) is 17.9 Å². The molecule has 2 aliphatic heterocycles. The molecule has 27 heavy (non-hydrogen) atoms. The van der Waals surface area contributed by atoms with Gasteiger partial charge in [0, 0.05) is 32.7 Å². The molecule has 2 aliphatic rings. The summed E-state index contributed by atoms with van der Waals surface area (Å²) in [5.41, 5.74) is 0.743. The molecule has 2 fully saturated rings. The van der Waals surface area contributed by atoms with Crippen molar-refractivity contribution in [2.75, 3.05) is 39.9 Å². The molecule has 1 aromatic rings. The maximum Gasteiger partial charge on any atom is 0.228 e. The molecule has 2 saturated heterocycles. The van der Waals surface area contributed by atoms with E-state index in [1.165, 1.54) is 5.56 Å². The van der Waals surface area contributed by atoms with E-state index in [0.717, 1.165) is 45.3 Å². The molecule has 148 valence electrons. The van der Waals surface area contributed by atoms with Gasteiger partial charge in [-0.25, -0.2) is 0 Å². The maximum absolute atomic E-state index is 12.9. The van der Waals surface area contributed by atoms with Crippen LogP contribution in [0.4, 0.5) is 0 Å². The van der Waals surface area contributed by atoms with Gasteiger partial charge in [0.2, 0.25) is 11.8 Å². The first kappa shape index (κ1) is 19.8. The van der Waals surface area contributed by atoms with E-state index in [1.54, 1.807) is 7.11 Å². The summed E-state index contributed by atoms with van der Waals surface area (Å²) in [4.78, 5) is 27.3. The predicted octanol–water partition coefficient (Wildman–Crippen LogP) is 1.35. The lowest BCUT2D eigenvalue weighted by Gasteiger charge is -2.36. The number of hydrogen-bond acceptors (Lipinski definition) is 4. The first-order valence-corrected chi connectivity index (χ1v) is 9.95. The summed E-state index contributed by atoms with van der Waals surface area (Å²) in [6.45, 7) is 3.46. The number of rotatable bonds is 7. The lowest BCUT2D eigenvalue weighted by Crippen LogP contribution is -2.53. The number of piperidine rings is 1. The molecule has 0 radical (unpaired) electrons. The van der Waals surface area contributed by atoms with Gasteiger partial charge in [-0.15, -0.1) is 0 Å². The molecule has 2 heterocycles. The fourth-order valence-corrected chi connectivity index (χ4v) is 4.12. The summed E-state index contributed by atoms with van der Waals surface area (Å²) in [5.74, 6) is 0.249. The Bertz CT molecular complexity index is 623. The average Bonchev–Trinajstić information content (AvgIpc) is 3.16. The molecule has 1 aromatic carbocycles. The molecule has 1 atom stereocenters. The molecular formula is C21H31N3O3. The van der Waals surface area contributed by atoms with Crippen molar-refractivity contribution in [2.45, 2.75) is 38.1 Å². The Morgan fingerprint density at radius 1 is 1.26 bits per heavy atom. The lowest BCUT2D eigenvalue weighted by molar-refractivity contribution is -0.137. The largest absolute Gasteiger partial charge is 0.384 e. The number of carbonyl (C=O) groups is 2. The summed E-state index contributed by atoms with van der Waals surface area (Å²) < 4.78 is 5.35. The average molecular weight is 373 g/mol. The summed E-state index contributed by atoms with van der Waals surface area (Å²) in [5, 5.41) is 6.50. The second-order valence-corrected chi connectivity index (χ2v) is 7.75. The third-order valence-electron chi connectivity index (χ3n) is 5.81. The van der Waals surface area contributed by atoms with Crippen molar-refractivity contribution < 1.29 is 14.3 Å². The first-order chi connectivity index (χ1) is 13.1. The van der Waals surface area contributed by atoms with E-state index in [0.29, 0.717) is 19.6 Å². The Labute approximate surface area is 161 Å². The highest BCUT2D eigenvalue weighted by atomic mass is 16.5. The molecule has 0 spiro atoms. The molecule has 0 aromatic heterocycles. The van der Waals surface area contributed by atoms with Crippen molar-refractivity contribution in [2.24, 2.45) is 5.41 Å². The molecule has 1 unspecified atom stereocenters. The number of nitrogens with zero attached hydrogens (tertiary/aromatic N) is 1. The number of likely N-dealkylation sites (tertiary alicyclic amines) is 1. The summed E-state index contributed by atoms with van der Waals surface area (Å²) in [7, 11) is 1.65. The van der Waals surface area contributed by atoms with E-state index in [1.807, 2.05) is 23.1 Å². The number of carbonyl (C=O) groups excluding carboxylic acids is 2. The normalized spacial score (nSPS) is 21.8. The van der Waals surface area contributed by atoms with Gasteiger partial charge >= 0.3 is 0 Å². The van der Waals surface area contributed by atoms with Crippen LogP contribution < -0.4 is 10.6 Å². The summed E-state index contributed by atoms with van der Waals surface area (Å²) in [6.07, 6.45) is 3.68. The highest BCUT2D eigenvalue weighted by Crippen LogP contribution is 2.30. The number of amides is 2. The van der Waals surface area contributed by atoms with E-state index in [4.69, 9.17) is 4.74 Å². The lowest BCUT2D eigenvalue weighted by atomic mass is 9.78. The van der Waals surface area contributed by atoms with Gasteiger partial charge < -0.3 is 20.3 Å². The van der Waals surface area contributed by atoms with Gasteiger partial charge in [-0.1, -0.05) is 30.3 Å². The van der Waals surface area contributed by atoms with Gasteiger partial charge in [-0.3, -0.25) is 9.59 Å². The van der Waals surface area contributed by atoms with E-state index < -0.39 is 5.41 Å². The zero-order valence-electron chi connectivity index (χ0n) is 16.2. The van der Waals surface area contributed by atoms with Crippen LogP contribution in [0.1, 0.15) is 31.2 Å². The molecule has 0 bridgehead atoms. The van der Waals surface area contributed by atoms with Crippen LogP contribution in [-0.4, -0.2) is 62.7 Å². The topological polar surface area (TPSA) is 70.7 Å². The second-order valence-electron chi connectivity index (χ2n) is 7.75. The summed E-state index contributed by atoms with van der Waals surface area (Å²) >= 11 is 0. The predicted molar refractivity (Wildman–Crippen MR) is 104 cm³/mol. The van der Waals surface area contributed by atoms with Crippen molar-refractivity contribution >= 4 is 11.8 Å². The fourth-order valence-electron chi connectivity index (χ4n) is 4.12. The first-order valence-electron chi connectivity index (χ1n) is 9.95. The molecule has 6 nitrogen and oxygen atoms in total. The Hall–Kier alpha value is -1.92. The molecule has 2 amide bonds. The van der Waals surface area contributed by atoms with Crippen LogP contribution in [0.3, 0.4) is 0 Å². The monoisotopic (exact) mass is 373 g/mol. The minimum atomic E-state index is -0.440. The van der Waals surface area contributed by atoms with Crippen molar-refractivity contribution in [3.05, 3.63) is 35.9 Å². The SMILES string of the molecule is COCC1(C(=O)NC2CCN(C(=O)CCc3ccccc3)C2)CCNCC1. The zero-order chi connectivity index (χ0) is 19.1. The Balaban J connectivity index is 1.48. The van der Waals surface area contributed by atoms with Crippen LogP contribution in [0.2, 0.25) is 0 Å². The number of nitrogens with one attached hydrogen (secondary N) is 2. The maximum atomic E-state index is 12.9.